The van der Waals surface area contributed by atoms with Gasteiger partial charge in [0.25, 0.3) is 0 Å². The summed E-state index contributed by atoms with van der Waals surface area (Å²) in [5, 5.41) is 3.19. The first-order valence-electron chi connectivity index (χ1n) is 10.5. The third kappa shape index (κ3) is 5.01. The quantitative estimate of drug-likeness (QED) is 0.613. The van der Waals surface area contributed by atoms with Gasteiger partial charge in [-0.25, -0.2) is 4.98 Å². The van der Waals surface area contributed by atoms with Crippen molar-refractivity contribution in [2.45, 2.75) is 58.7 Å². The van der Waals surface area contributed by atoms with Gasteiger partial charge < -0.3 is 10.2 Å². The van der Waals surface area contributed by atoms with Crippen LogP contribution in [0.5, 0.6) is 0 Å². The molecule has 2 heterocycles. The largest absolute Gasteiger partial charge is 0.349 e. The van der Waals surface area contributed by atoms with Crippen LogP contribution in [0.25, 0.3) is 0 Å². The molecule has 0 radical (unpaired) electrons. The minimum Gasteiger partial charge on any atom is -0.349 e. The summed E-state index contributed by atoms with van der Waals surface area (Å²) in [6.07, 6.45) is 8.03. The number of nitrogens with one attached hydrogen (secondary N) is 1. The van der Waals surface area contributed by atoms with Gasteiger partial charge in [0.05, 0.1) is 6.54 Å². The van der Waals surface area contributed by atoms with Crippen LogP contribution in [0.4, 0.5) is 8.78 Å². The minimum atomic E-state index is -2.57. The van der Waals surface area contributed by atoms with Gasteiger partial charge in [0.1, 0.15) is 5.82 Å². The Labute approximate surface area is 167 Å². The van der Waals surface area contributed by atoms with E-state index in [0.29, 0.717) is 11.9 Å². The monoisotopic (exact) mass is 396 g/mol. The van der Waals surface area contributed by atoms with Crippen molar-refractivity contribution in [2.75, 3.05) is 33.2 Å². The fourth-order valence-electron chi connectivity index (χ4n) is 4.58. The maximum atomic E-state index is 13.0. The van der Waals surface area contributed by atoms with Crippen molar-refractivity contribution in [2.24, 2.45) is 16.8 Å². The molecule has 0 unspecified atom stereocenters. The molecule has 0 bridgehead atoms. The lowest BCUT2D eigenvalue weighted by Gasteiger charge is -2.43. The first kappa shape index (κ1) is 21.0. The molecule has 0 atom stereocenters. The van der Waals surface area contributed by atoms with Crippen LogP contribution in [0.3, 0.4) is 0 Å². The molecule has 1 aromatic heterocycles. The first-order chi connectivity index (χ1) is 13.5. The number of imidazole rings is 1. The molecular weight excluding hydrogens is 362 g/mol. The number of nitrogens with zero attached hydrogens (tertiary/aromatic N) is 5. The first-order valence-corrected chi connectivity index (χ1v) is 10.5. The molecule has 0 amide bonds. The van der Waals surface area contributed by atoms with Crippen LogP contribution < -0.4 is 5.32 Å². The highest BCUT2D eigenvalue weighted by molar-refractivity contribution is 5.79. The number of hydrogen-bond donors (Lipinski definition) is 1. The van der Waals surface area contributed by atoms with Gasteiger partial charge in [-0.15, -0.1) is 0 Å². The van der Waals surface area contributed by atoms with Crippen LogP contribution in [-0.4, -0.2) is 64.6 Å². The van der Waals surface area contributed by atoms with Gasteiger partial charge in [0.15, 0.2) is 5.96 Å². The lowest BCUT2D eigenvalue weighted by Crippen LogP contribution is -2.55. The molecule has 1 saturated carbocycles. The van der Waals surface area contributed by atoms with Crippen molar-refractivity contribution in [3.8, 4) is 0 Å². The summed E-state index contributed by atoms with van der Waals surface area (Å²) in [4.78, 5) is 13.2. The second-order valence-corrected chi connectivity index (χ2v) is 8.26. The van der Waals surface area contributed by atoms with Gasteiger partial charge in [-0.1, -0.05) is 13.8 Å². The van der Waals surface area contributed by atoms with Crippen molar-refractivity contribution in [3.63, 3.8) is 0 Å². The molecule has 1 aliphatic heterocycles. The van der Waals surface area contributed by atoms with Crippen LogP contribution in [0.2, 0.25) is 0 Å². The molecule has 6 nitrogen and oxygen atoms in total. The zero-order valence-electron chi connectivity index (χ0n) is 17.3. The molecule has 8 heteroatoms. The van der Waals surface area contributed by atoms with Crippen LogP contribution >= 0.6 is 0 Å². The standard InChI is InChI=1S/C20H34F2N6/c1-15(2)16-4-6-17(7-5-16)26-10-12-27(13-11-26)20(23-3)25-14-18-24-8-9-28(18)19(21)22/h8-9,15-17,19H,4-7,10-14H2,1-3H3,(H,23,25). The Balaban J connectivity index is 1.46. The Kier molecular flexibility index (Phi) is 7.26. The maximum absolute atomic E-state index is 13.0. The SMILES string of the molecule is CN=C(NCc1nccn1C(F)F)N1CCN(C2CCC(C(C)C)CC2)CC1. The molecule has 1 aliphatic carbocycles. The van der Waals surface area contributed by atoms with Crippen LogP contribution in [0.15, 0.2) is 17.4 Å². The van der Waals surface area contributed by atoms with Gasteiger partial charge in [0, 0.05) is 51.7 Å². The predicted molar refractivity (Wildman–Crippen MR) is 107 cm³/mol. The Morgan fingerprint density at radius 1 is 1.18 bits per heavy atom. The van der Waals surface area contributed by atoms with Gasteiger partial charge in [-0.2, -0.15) is 8.78 Å². The number of aromatic nitrogens is 2. The molecule has 2 fully saturated rings. The van der Waals surface area contributed by atoms with E-state index < -0.39 is 6.55 Å². The number of piperazine rings is 1. The summed E-state index contributed by atoms with van der Waals surface area (Å²) >= 11 is 0. The minimum absolute atomic E-state index is 0.240. The fourth-order valence-corrected chi connectivity index (χ4v) is 4.58. The van der Waals surface area contributed by atoms with E-state index in [1.165, 1.54) is 38.1 Å². The van der Waals surface area contributed by atoms with E-state index in [0.717, 1.165) is 48.5 Å². The molecule has 3 rings (SSSR count). The lowest BCUT2D eigenvalue weighted by molar-refractivity contribution is 0.0667. The van der Waals surface area contributed by atoms with Crippen LogP contribution in [-0.2, 0) is 6.54 Å². The average Bonchev–Trinajstić information content (AvgIpc) is 3.18. The van der Waals surface area contributed by atoms with E-state index in [4.69, 9.17) is 0 Å². The predicted octanol–water partition coefficient (Wildman–Crippen LogP) is 3.19. The summed E-state index contributed by atoms with van der Waals surface area (Å²) < 4.78 is 26.8. The topological polar surface area (TPSA) is 48.7 Å². The molecule has 0 spiro atoms. The number of guanidine groups is 1. The summed E-state index contributed by atoms with van der Waals surface area (Å²) in [5.74, 6) is 2.76. The number of alkyl halides is 2. The van der Waals surface area contributed by atoms with Crippen molar-refractivity contribution in [1.82, 2.24) is 24.7 Å². The molecular formula is C20H34F2N6. The number of rotatable bonds is 5. The van der Waals surface area contributed by atoms with E-state index in [1.54, 1.807) is 7.05 Å². The van der Waals surface area contributed by atoms with E-state index in [2.05, 4.69) is 38.9 Å². The molecule has 158 valence electrons. The summed E-state index contributed by atoms with van der Waals surface area (Å²) in [5.41, 5.74) is 0. The second-order valence-electron chi connectivity index (χ2n) is 8.26. The number of aliphatic imine (C=N–C) groups is 1. The van der Waals surface area contributed by atoms with E-state index >= 15 is 0 Å². The third-order valence-corrected chi connectivity index (χ3v) is 6.39. The Morgan fingerprint density at radius 3 is 2.43 bits per heavy atom. The highest BCUT2D eigenvalue weighted by atomic mass is 19.3. The molecule has 0 aromatic carbocycles. The van der Waals surface area contributed by atoms with Gasteiger partial charge >= 0.3 is 6.55 Å². The highest BCUT2D eigenvalue weighted by Crippen LogP contribution is 2.32. The van der Waals surface area contributed by atoms with E-state index in [1.807, 2.05) is 0 Å². The zero-order valence-corrected chi connectivity index (χ0v) is 17.3. The van der Waals surface area contributed by atoms with E-state index in [9.17, 15) is 8.78 Å². The maximum Gasteiger partial charge on any atom is 0.319 e. The number of hydrogen-bond acceptors (Lipinski definition) is 3. The lowest BCUT2D eigenvalue weighted by atomic mass is 9.79. The Bertz CT molecular complexity index is 628. The molecule has 28 heavy (non-hydrogen) atoms. The van der Waals surface area contributed by atoms with Crippen LogP contribution in [0, 0.1) is 11.8 Å². The Hall–Kier alpha value is -1.70. The van der Waals surface area contributed by atoms with Gasteiger partial charge in [-0.3, -0.25) is 14.5 Å². The average molecular weight is 397 g/mol. The Morgan fingerprint density at radius 2 is 1.86 bits per heavy atom. The summed E-state index contributed by atoms with van der Waals surface area (Å²) in [6.45, 7) is 6.23. The molecule has 1 aromatic rings. The summed E-state index contributed by atoms with van der Waals surface area (Å²) in [6, 6.07) is 0.714. The van der Waals surface area contributed by atoms with Crippen LogP contribution in [0.1, 0.15) is 51.9 Å². The van der Waals surface area contributed by atoms with Crippen molar-refractivity contribution < 1.29 is 8.78 Å². The molecule has 1 N–H and O–H groups in total. The third-order valence-electron chi connectivity index (χ3n) is 6.39. The highest BCUT2D eigenvalue weighted by Gasteiger charge is 2.30. The second kappa shape index (κ2) is 9.67. The van der Waals surface area contributed by atoms with Gasteiger partial charge in [0.2, 0.25) is 0 Å². The fraction of sp³-hybridized carbons (Fsp3) is 0.800. The smallest absolute Gasteiger partial charge is 0.319 e. The molecule has 2 aliphatic rings. The van der Waals surface area contributed by atoms with Crippen molar-refractivity contribution in [1.29, 1.82) is 0 Å². The van der Waals surface area contributed by atoms with Crippen molar-refractivity contribution >= 4 is 5.96 Å². The van der Waals surface area contributed by atoms with Gasteiger partial charge in [-0.05, 0) is 37.5 Å². The van der Waals surface area contributed by atoms with Crippen molar-refractivity contribution in [3.05, 3.63) is 18.2 Å². The number of halogens is 2. The zero-order chi connectivity index (χ0) is 20.1. The molecule has 1 saturated heterocycles. The summed E-state index contributed by atoms with van der Waals surface area (Å²) in [7, 11) is 1.74. The van der Waals surface area contributed by atoms with E-state index in [-0.39, 0.29) is 6.54 Å². The normalized spacial score (nSPS) is 25.0.